The fourth-order valence-corrected chi connectivity index (χ4v) is 3.66. The molecule has 2 atom stereocenters. The molecule has 3 heteroatoms. The summed E-state index contributed by atoms with van der Waals surface area (Å²) in [6.07, 6.45) is 3.68. The van der Waals surface area contributed by atoms with E-state index in [2.05, 4.69) is 0 Å². The van der Waals surface area contributed by atoms with Crippen LogP contribution in [0.3, 0.4) is 0 Å². The van der Waals surface area contributed by atoms with Gasteiger partial charge in [0.1, 0.15) is 11.4 Å². The number of carbonyl (C=O) groups excluding carboxylic acids is 1. The predicted molar refractivity (Wildman–Crippen MR) is 82.5 cm³/mol. The van der Waals surface area contributed by atoms with E-state index in [9.17, 15) is 4.79 Å². The van der Waals surface area contributed by atoms with E-state index in [4.69, 9.17) is 9.47 Å². The lowest BCUT2D eigenvalue weighted by Crippen LogP contribution is -2.38. The van der Waals surface area contributed by atoms with Crippen LogP contribution in [-0.2, 0) is 15.1 Å². The van der Waals surface area contributed by atoms with Crippen LogP contribution >= 0.6 is 0 Å². The van der Waals surface area contributed by atoms with Gasteiger partial charge in [0, 0.05) is 0 Å². The number of carbonyl (C=O) groups is 1. The molecule has 0 radical (unpaired) electrons. The molecule has 0 amide bonds. The molecular formula is C19H18O3. The molecule has 0 spiro atoms. The highest BCUT2D eigenvalue weighted by Gasteiger charge is 2.76. The van der Waals surface area contributed by atoms with Crippen molar-refractivity contribution in [1.82, 2.24) is 0 Å². The van der Waals surface area contributed by atoms with Crippen molar-refractivity contribution >= 4 is 5.97 Å². The summed E-state index contributed by atoms with van der Waals surface area (Å²) >= 11 is 0. The van der Waals surface area contributed by atoms with E-state index in [-0.39, 0.29) is 5.97 Å². The van der Waals surface area contributed by atoms with Crippen LogP contribution in [0.4, 0.5) is 0 Å². The summed E-state index contributed by atoms with van der Waals surface area (Å²) in [6, 6.07) is 19.3. The number of hydrogen-bond donors (Lipinski definition) is 0. The molecule has 2 aromatic rings. The molecule has 112 valence electrons. The summed E-state index contributed by atoms with van der Waals surface area (Å²) in [5.74, 6) is 0.312. The zero-order chi connectivity index (χ0) is 15.0. The fraction of sp³-hybridized carbons (Fsp3) is 0.316. The zero-order valence-electron chi connectivity index (χ0n) is 12.3. The molecule has 1 aliphatic carbocycles. The van der Waals surface area contributed by atoms with E-state index >= 15 is 0 Å². The highest BCUT2D eigenvalue weighted by Crippen LogP contribution is 2.64. The fourth-order valence-electron chi connectivity index (χ4n) is 3.66. The lowest BCUT2D eigenvalue weighted by molar-refractivity contribution is -0.141. The highest BCUT2D eigenvalue weighted by atomic mass is 16.7. The molecule has 0 bridgehead atoms. The average molecular weight is 294 g/mol. The second-order valence-electron chi connectivity index (χ2n) is 6.03. The number of para-hydroxylation sites is 1. The van der Waals surface area contributed by atoms with Gasteiger partial charge in [-0.25, -0.2) is 4.79 Å². The second-order valence-corrected chi connectivity index (χ2v) is 6.03. The standard InChI is InChI=1S/C19H18O3/c20-17(21-16-11-5-2-6-12-16)19-14-8-7-13-18(19,22-19)15-9-3-1-4-10-15/h1-6,9-12H,7-8,13-14H2. The second kappa shape index (κ2) is 4.96. The van der Waals surface area contributed by atoms with E-state index in [0.717, 1.165) is 31.2 Å². The van der Waals surface area contributed by atoms with Gasteiger partial charge in [0.15, 0.2) is 5.60 Å². The number of epoxide rings is 1. The van der Waals surface area contributed by atoms with Crippen LogP contribution in [0.15, 0.2) is 60.7 Å². The largest absolute Gasteiger partial charge is 0.424 e. The van der Waals surface area contributed by atoms with Gasteiger partial charge < -0.3 is 9.47 Å². The first-order valence-corrected chi connectivity index (χ1v) is 7.80. The van der Waals surface area contributed by atoms with Gasteiger partial charge in [-0.15, -0.1) is 0 Å². The van der Waals surface area contributed by atoms with E-state index in [1.165, 1.54) is 0 Å². The SMILES string of the molecule is O=C(Oc1ccccc1)C12CCCCC1(c1ccccc1)O2. The van der Waals surface area contributed by atoms with Gasteiger partial charge in [-0.2, -0.15) is 0 Å². The van der Waals surface area contributed by atoms with Gasteiger partial charge in [0.2, 0.25) is 0 Å². The quantitative estimate of drug-likeness (QED) is 0.490. The Hall–Kier alpha value is -2.13. The van der Waals surface area contributed by atoms with Gasteiger partial charge in [-0.3, -0.25) is 0 Å². The molecule has 22 heavy (non-hydrogen) atoms. The molecule has 0 aromatic heterocycles. The Bertz CT molecular complexity index is 682. The van der Waals surface area contributed by atoms with Crippen molar-refractivity contribution in [3.05, 3.63) is 66.2 Å². The minimum Gasteiger partial charge on any atom is -0.424 e. The van der Waals surface area contributed by atoms with Gasteiger partial charge in [-0.05, 0) is 43.4 Å². The van der Waals surface area contributed by atoms with Crippen LogP contribution in [0.5, 0.6) is 5.75 Å². The lowest BCUT2D eigenvalue weighted by atomic mass is 9.75. The van der Waals surface area contributed by atoms with E-state index in [0.29, 0.717) is 5.75 Å². The van der Waals surface area contributed by atoms with Gasteiger partial charge >= 0.3 is 5.97 Å². The van der Waals surface area contributed by atoms with Crippen molar-refractivity contribution in [3.63, 3.8) is 0 Å². The van der Waals surface area contributed by atoms with Crippen molar-refractivity contribution in [2.45, 2.75) is 36.9 Å². The van der Waals surface area contributed by atoms with Gasteiger partial charge in [0.25, 0.3) is 0 Å². The molecule has 3 nitrogen and oxygen atoms in total. The minimum atomic E-state index is -0.803. The Morgan fingerprint density at radius 2 is 1.55 bits per heavy atom. The Morgan fingerprint density at radius 1 is 0.909 bits per heavy atom. The van der Waals surface area contributed by atoms with E-state index in [1.807, 2.05) is 48.5 Å². The van der Waals surface area contributed by atoms with Crippen LogP contribution in [-0.4, -0.2) is 11.6 Å². The highest BCUT2D eigenvalue weighted by molar-refractivity contribution is 5.87. The van der Waals surface area contributed by atoms with Crippen molar-refractivity contribution in [3.8, 4) is 5.75 Å². The van der Waals surface area contributed by atoms with Gasteiger partial charge in [-0.1, -0.05) is 48.5 Å². The summed E-state index contributed by atoms with van der Waals surface area (Å²) < 4.78 is 11.7. The average Bonchev–Trinajstić information content (AvgIpc) is 3.29. The van der Waals surface area contributed by atoms with Crippen molar-refractivity contribution in [1.29, 1.82) is 0 Å². The molecular weight excluding hydrogens is 276 g/mol. The summed E-state index contributed by atoms with van der Waals surface area (Å²) in [5, 5.41) is 0. The molecule has 2 unspecified atom stereocenters. The van der Waals surface area contributed by atoms with Crippen molar-refractivity contribution in [2.75, 3.05) is 0 Å². The number of hydrogen-bond acceptors (Lipinski definition) is 3. The van der Waals surface area contributed by atoms with Crippen molar-refractivity contribution in [2.24, 2.45) is 0 Å². The molecule has 2 aromatic carbocycles. The third kappa shape index (κ3) is 1.89. The van der Waals surface area contributed by atoms with Crippen LogP contribution in [0.2, 0.25) is 0 Å². The maximum absolute atomic E-state index is 12.8. The molecule has 2 fully saturated rings. The van der Waals surface area contributed by atoms with Crippen LogP contribution in [0.1, 0.15) is 31.2 Å². The van der Waals surface area contributed by atoms with Crippen molar-refractivity contribution < 1.29 is 14.3 Å². The maximum Gasteiger partial charge on any atom is 0.347 e. The Morgan fingerprint density at radius 3 is 2.27 bits per heavy atom. The summed E-state index contributed by atoms with van der Waals surface area (Å²) in [4.78, 5) is 12.8. The van der Waals surface area contributed by atoms with Crippen LogP contribution in [0.25, 0.3) is 0 Å². The molecule has 1 aliphatic heterocycles. The molecule has 1 heterocycles. The first-order chi connectivity index (χ1) is 10.8. The Labute approximate surface area is 129 Å². The third-order valence-corrected chi connectivity index (χ3v) is 4.79. The zero-order valence-corrected chi connectivity index (χ0v) is 12.3. The Balaban J connectivity index is 1.64. The minimum absolute atomic E-state index is 0.262. The monoisotopic (exact) mass is 294 g/mol. The lowest BCUT2D eigenvalue weighted by Gasteiger charge is -2.23. The molecule has 1 saturated carbocycles. The normalized spacial score (nSPS) is 29.5. The molecule has 4 rings (SSSR count). The van der Waals surface area contributed by atoms with Crippen LogP contribution in [0, 0.1) is 0 Å². The molecule has 1 saturated heterocycles. The number of rotatable bonds is 3. The summed E-state index contributed by atoms with van der Waals surface area (Å²) in [5.41, 5.74) is -0.208. The summed E-state index contributed by atoms with van der Waals surface area (Å²) in [7, 11) is 0. The first-order valence-electron chi connectivity index (χ1n) is 7.80. The van der Waals surface area contributed by atoms with Gasteiger partial charge in [0.05, 0.1) is 0 Å². The third-order valence-electron chi connectivity index (χ3n) is 4.79. The number of fused-ring (bicyclic) bond motifs is 1. The number of benzene rings is 2. The Kier molecular flexibility index (Phi) is 3.05. The smallest absolute Gasteiger partial charge is 0.347 e. The number of ether oxygens (including phenoxy) is 2. The van der Waals surface area contributed by atoms with E-state index < -0.39 is 11.2 Å². The molecule has 2 aliphatic rings. The van der Waals surface area contributed by atoms with E-state index in [1.54, 1.807) is 12.1 Å². The topological polar surface area (TPSA) is 38.8 Å². The predicted octanol–water partition coefficient (Wildman–Crippen LogP) is 3.83. The summed E-state index contributed by atoms with van der Waals surface area (Å²) in [6.45, 7) is 0. The maximum atomic E-state index is 12.8. The number of esters is 1. The molecule has 0 N–H and O–H groups in total. The first kappa shape index (κ1) is 13.5. The van der Waals surface area contributed by atoms with Crippen LogP contribution < -0.4 is 4.74 Å².